The monoisotopic (exact) mass is 395 g/mol. The number of nitrogen functional groups attached to an aromatic ring is 2. The fourth-order valence-electron chi connectivity index (χ4n) is 1.14. The summed E-state index contributed by atoms with van der Waals surface area (Å²) in [4.78, 5) is 39.7. The molecule has 25 heavy (non-hydrogen) atoms. The van der Waals surface area contributed by atoms with Crippen LogP contribution in [0.2, 0.25) is 0 Å². The van der Waals surface area contributed by atoms with E-state index in [4.69, 9.17) is 45.6 Å². The van der Waals surface area contributed by atoms with Crippen LogP contribution in [-0.2, 0) is 9.13 Å². The highest BCUT2D eigenvalue weighted by Crippen LogP contribution is 2.37. The van der Waals surface area contributed by atoms with Crippen molar-refractivity contribution in [2.45, 2.75) is 0 Å². The van der Waals surface area contributed by atoms with Gasteiger partial charge in [-0.3, -0.25) is 14.4 Å². The number of hydrogen-bond donors (Lipinski definition) is 7. The molecule has 11 nitrogen and oxygen atoms in total. The molecule has 0 amide bonds. The summed E-state index contributed by atoms with van der Waals surface area (Å²) < 4.78 is 23.4. The Hall–Kier alpha value is -2.10. The number of phenolic OH excluding ortho intramolecular Hbond substituents is 1. The van der Waals surface area contributed by atoms with Gasteiger partial charge in [-0.05, 0) is 48.5 Å². The van der Waals surface area contributed by atoms with E-state index >= 15 is 0 Å². The molecule has 9 N–H and O–H groups in total. The first-order valence-corrected chi connectivity index (χ1v) is 9.24. The second-order valence-corrected chi connectivity index (χ2v) is 6.38. The van der Waals surface area contributed by atoms with E-state index in [0.29, 0.717) is 11.4 Å². The molecule has 0 aliphatic carbocycles. The smallest absolute Gasteiger partial charge is 0.524 e. The number of anilines is 2. The summed E-state index contributed by atoms with van der Waals surface area (Å²) in [6, 6.07) is 12.1. The van der Waals surface area contributed by atoms with Crippen molar-refractivity contribution >= 4 is 27.0 Å². The first-order chi connectivity index (χ1) is 11.3. The third-order valence-electron chi connectivity index (χ3n) is 2.00. The number of aromatic hydroxyl groups is 1. The van der Waals surface area contributed by atoms with Crippen molar-refractivity contribution in [3.8, 4) is 11.5 Å². The summed E-state index contributed by atoms with van der Waals surface area (Å²) in [5.41, 5.74) is 11.8. The predicted octanol–water partition coefficient (Wildman–Crippen LogP) is 0.154. The van der Waals surface area contributed by atoms with E-state index in [2.05, 4.69) is 4.52 Å². The lowest BCUT2D eigenvalue weighted by atomic mass is 10.3. The van der Waals surface area contributed by atoms with Crippen LogP contribution in [0.15, 0.2) is 48.5 Å². The van der Waals surface area contributed by atoms with Crippen LogP contribution in [0.3, 0.4) is 0 Å². The molecule has 0 heterocycles. The molecule has 0 saturated carbocycles. The Kier molecular flexibility index (Phi) is 9.18. The molecule has 0 fully saturated rings. The van der Waals surface area contributed by atoms with E-state index in [9.17, 15) is 4.57 Å². The summed E-state index contributed by atoms with van der Waals surface area (Å²) >= 11 is 0. The van der Waals surface area contributed by atoms with E-state index < -0.39 is 15.6 Å². The van der Waals surface area contributed by atoms with E-state index in [0.717, 1.165) is 0 Å². The first-order valence-electron chi connectivity index (χ1n) is 6.18. The molecule has 0 radical (unpaired) electrons. The van der Waals surface area contributed by atoms with E-state index in [1.807, 2.05) is 0 Å². The van der Waals surface area contributed by atoms with Gasteiger partial charge in [0.25, 0.3) is 7.82 Å². The average Bonchev–Trinajstić information content (AvgIpc) is 2.42. The molecule has 0 aromatic heterocycles. The fourth-order valence-corrected chi connectivity index (χ4v) is 1.54. The van der Waals surface area contributed by atoms with Gasteiger partial charge in [0.05, 0.1) is 0 Å². The normalized spacial score (nSPS) is 10.6. The molecule has 2 aromatic rings. The van der Waals surface area contributed by atoms with Crippen molar-refractivity contribution in [1.82, 2.24) is 0 Å². The van der Waals surface area contributed by atoms with Crippen molar-refractivity contribution in [2.24, 2.45) is 0 Å². The summed E-state index contributed by atoms with van der Waals surface area (Å²) in [6.45, 7) is 0. The minimum absolute atomic E-state index is 0.0949. The molecule has 2 aromatic carbocycles. The molecule has 0 saturated heterocycles. The third kappa shape index (κ3) is 16.5. The predicted molar refractivity (Wildman–Crippen MR) is 88.1 cm³/mol. The average molecular weight is 395 g/mol. The van der Waals surface area contributed by atoms with Gasteiger partial charge >= 0.3 is 7.82 Å². The molecule has 140 valence electrons. The van der Waals surface area contributed by atoms with Gasteiger partial charge in [0.1, 0.15) is 11.5 Å². The summed E-state index contributed by atoms with van der Waals surface area (Å²) in [6.07, 6.45) is 0. The maximum Gasteiger partial charge on any atom is 0.524 e. The lowest BCUT2D eigenvalue weighted by Gasteiger charge is -2.05. The maximum absolute atomic E-state index is 10.3. The molecular weight excluding hydrogens is 378 g/mol. The van der Waals surface area contributed by atoms with Gasteiger partial charge < -0.3 is 35.8 Å². The Balaban J connectivity index is 0.000000382. The van der Waals surface area contributed by atoms with E-state index in [1.54, 1.807) is 24.3 Å². The molecule has 0 aliphatic heterocycles. The topological polar surface area (TPSA) is 220 Å². The molecule has 13 heteroatoms. The maximum atomic E-state index is 10.3. The highest BCUT2D eigenvalue weighted by atomic mass is 31.2. The van der Waals surface area contributed by atoms with Gasteiger partial charge in [-0.25, -0.2) is 4.57 Å². The van der Waals surface area contributed by atoms with Gasteiger partial charge in [-0.15, -0.1) is 0 Å². The van der Waals surface area contributed by atoms with Gasteiger partial charge in [0.15, 0.2) is 0 Å². The Morgan fingerprint density at radius 1 is 0.800 bits per heavy atom. The Bertz CT molecular complexity index is 696. The third-order valence-corrected chi connectivity index (χ3v) is 2.45. The van der Waals surface area contributed by atoms with Crippen LogP contribution < -0.4 is 20.9 Å². The number of hydrogen-bond acceptors (Lipinski definition) is 7. The standard InChI is InChI=1S/C6H8NO4P.C6H7NO.H3O4P/c7-5-1-3-6(4-2-5)11-12(8,9)10;7-5-1-3-6(8)4-2-5;1-5(2,3)4/h1-4H,7H2,(H2,8,9,10);1-4,8H,7H2;(H3,1,2,3,4)/p-1. The number of benzene rings is 2. The lowest BCUT2D eigenvalue weighted by Crippen LogP contribution is -1.94. The molecule has 0 bridgehead atoms. The van der Waals surface area contributed by atoms with Crippen LogP contribution >= 0.6 is 15.6 Å². The first kappa shape index (κ1) is 22.9. The van der Waals surface area contributed by atoms with Gasteiger partial charge in [-0.1, -0.05) is 0 Å². The largest absolute Gasteiger partial charge is 0.756 e. The number of phenols is 1. The zero-order valence-corrected chi connectivity index (χ0v) is 14.3. The summed E-state index contributed by atoms with van der Waals surface area (Å²) in [5, 5.41) is 8.70. The van der Waals surface area contributed by atoms with Gasteiger partial charge in [0, 0.05) is 11.4 Å². The van der Waals surface area contributed by atoms with Gasteiger partial charge in [0.2, 0.25) is 0 Å². The molecule has 0 unspecified atom stereocenters. The number of nitrogens with two attached hydrogens (primary N) is 2. The fraction of sp³-hybridized carbons (Fsp3) is 0. The molecule has 0 spiro atoms. The Morgan fingerprint density at radius 2 is 1.12 bits per heavy atom. The van der Waals surface area contributed by atoms with Crippen molar-refractivity contribution in [2.75, 3.05) is 11.5 Å². The second-order valence-electron chi connectivity index (χ2n) is 4.23. The van der Waals surface area contributed by atoms with Gasteiger partial charge in [-0.2, -0.15) is 0 Å². The van der Waals surface area contributed by atoms with Crippen molar-refractivity contribution in [1.29, 1.82) is 0 Å². The van der Waals surface area contributed by atoms with Crippen LogP contribution in [0.5, 0.6) is 11.5 Å². The highest BCUT2D eigenvalue weighted by Gasteiger charge is 2.14. The number of phosphoric ester groups is 1. The summed E-state index contributed by atoms with van der Waals surface area (Å²) in [7, 11) is -9.33. The van der Waals surface area contributed by atoms with E-state index in [1.165, 1.54) is 24.3 Å². The second kappa shape index (κ2) is 10.0. The minimum Gasteiger partial charge on any atom is -0.756 e. The number of phosphoric acid groups is 2. The van der Waals surface area contributed by atoms with Crippen LogP contribution in [0.4, 0.5) is 11.4 Å². The van der Waals surface area contributed by atoms with E-state index in [-0.39, 0.29) is 11.5 Å². The highest BCUT2D eigenvalue weighted by molar-refractivity contribution is 7.46. The lowest BCUT2D eigenvalue weighted by molar-refractivity contribution is -0.214. The molecule has 0 aliphatic rings. The minimum atomic E-state index is -4.89. The van der Waals surface area contributed by atoms with Crippen molar-refractivity contribution in [3.05, 3.63) is 48.5 Å². The molecule has 0 atom stereocenters. The summed E-state index contributed by atoms with van der Waals surface area (Å²) in [5.74, 6) is 0.344. The van der Waals surface area contributed by atoms with Crippen LogP contribution in [0, 0.1) is 0 Å². The van der Waals surface area contributed by atoms with Crippen LogP contribution in [-0.4, -0.2) is 24.7 Å². The van der Waals surface area contributed by atoms with Crippen molar-refractivity contribution < 1.29 is 43.2 Å². The van der Waals surface area contributed by atoms with Crippen molar-refractivity contribution in [3.63, 3.8) is 0 Å². The SMILES string of the molecule is Nc1ccc(O)cc1.Nc1ccc(OP(=O)(O)O)cc1.O=P([O-])(O)O. The van der Waals surface area contributed by atoms with Crippen LogP contribution in [0.1, 0.15) is 0 Å². The Morgan fingerprint density at radius 3 is 1.40 bits per heavy atom. The zero-order valence-electron chi connectivity index (χ0n) is 12.5. The Labute approximate surface area is 142 Å². The quantitative estimate of drug-likeness (QED) is 0.206. The molecule has 2 rings (SSSR count). The zero-order chi connectivity index (χ0) is 19.7. The molecular formula is C12H17N2O9P2-. The van der Waals surface area contributed by atoms with Crippen LogP contribution in [0.25, 0.3) is 0 Å². The number of rotatable bonds is 2.